The van der Waals surface area contributed by atoms with Crippen LogP contribution in [-0.4, -0.2) is 315 Å². The molecule has 4 saturated carbocycles. The van der Waals surface area contributed by atoms with E-state index < -0.39 is 256 Å². The minimum atomic E-state index is -2.21. The normalized spacial score (nSPS) is 55.0. The van der Waals surface area contributed by atoms with E-state index in [9.17, 15) is 102 Å². The Labute approximate surface area is 541 Å². The molecule has 32 nitrogen and oxygen atoms in total. The summed E-state index contributed by atoms with van der Waals surface area (Å²) in [6.07, 6.45) is -38.1. The molecule has 0 amide bonds. The number of ether oxygens (including phenoxy) is 12. The maximum atomic E-state index is 14.9. The Hall–Kier alpha value is -2.44. The molecule has 94 heavy (non-hydrogen) atoms. The Morgan fingerprint density at radius 2 is 1.15 bits per heavy atom. The van der Waals surface area contributed by atoms with Gasteiger partial charge in [-0.15, -0.1) is 0 Å². The number of allylic oxidation sites excluding steroid dienone is 2. The second-order valence-corrected chi connectivity index (χ2v) is 30.5. The minimum Gasteiger partial charge on any atom is -0.479 e. The topological polar surface area (TPSA) is 509 Å². The number of hydrogen-bond donors (Lipinski definition) is 18. The summed E-state index contributed by atoms with van der Waals surface area (Å²) in [5.74, 6) is -3.76. The summed E-state index contributed by atoms with van der Waals surface area (Å²) in [6.45, 7) is 9.07. The van der Waals surface area contributed by atoms with Crippen LogP contribution in [0.25, 0.3) is 0 Å². The van der Waals surface area contributed by atoms with Crippen molar-refractivity contribution in [3.8, 4) is 0 Å². The smallest absolute Gasteiger partial charge is 0.335 e. The molecule has 11 aliphatic rings. The maximum absolute atomic E-state index is 14.9. The van der Waals surface area contributed by atoms with Gasteiger partial charge in [-0.05, 0) is 97.7 Å². The standard InChI is InChI=1S/C62H98O32/c1-24-40(89-49-38(74)41(28(67)17-83-49)90-52-44(76)60(81,20-64)22-85-52)42(91-53-45(77)61(82,21-65)23-86-53)39(75)51(87-24)88-29-18-84-48(36(72)33(29)69)93-46-27(66)15-56(4)30(57(46,5)19-63)10-11-58(6)31(56)9-8-25-26-14-55(2,3)12-13-62(26,32(68)16-59(25,58)7)54(80)94-50-37(73)34(70)35(71)43(92-50)47(78)79/h8,24,26-46,48-53,63-77,81-82H,9-23H2,1-7H3,(H,78,79). The number of fused-ring (bicyclic) bond motifs is 7. The summed E-state index contributed by atoms with van der Waals surface area (Å²) in [7, 11) is 0. The lowest BCUT2D eigenvalue weighted by Crippen LogP contribution is -2.70. The van der Waals surface area contributed by atoms with Crippen LogP contribution in [0.15, 0.2) is 11.6 Å². The van der Waals surface area contributed by atoms with E-state index in [1.54, 1.807) is 6.92 Å². The largest absolute Gasteiger partial charge is 0.479 e. The number of carboxylic acids is 1. The second-order valence-electron chi connectivity index (χ2n) is 30.5. The monoisotopic (exact) mass is 1350 g/mol. The third-order valence-electron chi connectivity index (χ3n) is 24.4. The number of rotatable bonds is 16. The first kappa shape index (κ1) is 72.8. The average molecular weight is 1360 g/mol. The predicted molar refractivity (Wildman–Crippen MR) is 307 cm³/mol. The van der Waals surface area contributed by atoms with Crippen molar-refractivity contribution < 1.29 is 158 Å². The van der Waals surface area contributed by atoms with Gasteiger partial charge in [0.15, 0.2) is 37.6 Å². The van der Waals surface area contributed by atoms with E-state index in [0.717, 1.165) is 5.57 Å². The molecular weight excluding hydrogens is 1260 g/mol. The summed E-state index contributed by atoms with van der Waals surface area (Å²) in [5, 5.41) is 199. The molecule has 0 spiro atoms. The van der Waals surface area contributed by atoms with E-state index in [1.165, 1.54) is 6.92 Å². The van der Waals surface area contributed by atoms with Crippen molar-refractivity contribution in [2.75, 3.05) is 46.2 Å². The Morgan fingerprint density at radius 1 is 0.564 bits per heavy atom. The summed E-state index contributed by atoms with van der Waals surface area (Å²) in [4.78, 5) is 26.9. The zero-order chi connectivity index (χ0) is 68.7. The molecule has 5 aliphatic carbocycles. The van der Waals surface area contributed by atoms with Gasteiger partial charge in [-0.1, -0.05) is 53.2 Å². The van der Waals surface area contributed by atoms with Crippen LogP contribution in [0.3, 0.4) is 0 Å². The Morgan fingerprint density at radius 3 is 1.76 bits per heavy atom. The van der Waals surface area contributed by atoms with Crippen LogP contribution in [0.2, 0.25) is 0 Å². The highest BCUT2D eigenvalue weighted by Gasteiger charge is 2.74. The molecule has 32 heteroatoms. The highest BCUT2D eigenvalue weighted by molar-refractivity contribution is 5.80. The fourth-order valence-corrected chi connectivity index (χ4v) is 18.6. The van der Waals surface area contributed by atoms with Crippen LogP contribution in [-0.2, 0) is 66.4 Å². The van der Waals surface area contributed by atoms with Crippen molar-refractivity contribution in [3.05, 3.63) is 11.6 Å². The highest BCUT2D eigenvalue weighted by atomic mass is 16.8. The van der Waals surface area contributed by atoms with E-state index in [2.05, 4.69) is 40.7 Å². The van der Waals surface area contributed by atoms with Gasteiger partial charge in [0, 0.05) is 5.41 Å². The lowest BCUT2D eigenvalue weighted by Gasteiger charge is -2.72. The SMILES string of the molecule is CC1OC(OC2COC(OC3C(O)CC4(C)C(CCC5(C)C4CC=C4C6CC(C)(C)CCC6(C(=O)OC6OC(C(=O)O)C(O)C(O)C6O)C(O)CC45C)C3(C)CO)C(O)C2O)C(O)C(OC2OCC(O)(CO)C2O)C1OC1OCC(O)C(OC2OCC(O)(CO)C2O)C1O. The average Bonchev–Trinajstić information content (AvgIpc) is 0.776. The molecule has 10 fully saturated rings. The minimum absolute atomic E-state index is 0.0858. The molecule has 0 aromatic carbocycles. The van der Waals surface area contributed by atoms with Crippen LogP contribution >= 0.6 is 0 Å². The van der Waals surface area contributed by atoms with Gasteiger partial charge in [0.1, 0.15) is 102 Å². The van der Waals surface area contributed by atoms with Crippen molar-refractivity contribution in [2.45, 2.75) is 265 Å². The first-order valence-corrected chi connectivity index (χ1v) is 32.6. The van der Waals surface area contributed by atoms with Gasteiger partial charge in [0.2, 0.25) is 6.29 Å². The molecule has 6 saturated heterocycles. The molecule has 0 radical (unpaired) electrons. The molecule has 35 atom stereocenters. The van der Waals surface area contributed by atoms with Gasteiger partial charge < -0.3 is 149 Å². The first-order valence-electron chi connectivity index (χ1n) is 32.6. The van der Waals surface area contributed by atoms with Crippen LogP contribution < -0.4 is 0 Å². The number of aliphatic hydroxyl groups is 17. The van der Waals surface area contributed by atoms with Gasteiger partial charge >= 0.3 is 11.9 Å². The van der Waals surface area contributed by atoms with Crippen LogP contribution in [0.4, 0.5) is 0 Å². The van der Waals surface area contributed by atoms with Crippen LogP contribution in [0.1, 0.15) is 99.8 Å². The van der Waals surface area contributed by atoms with Crippen molar-refractivity contribution in [3.63, 3.8) is 0 Å². The summed E-state index contributed by atoms with van der Waals surface area (Å²) in [5.41, 5.74) is -8.65. The van der Waals surface area contributed by atoms with E-state index in [1.807, 2.05) is 0 Å². The van der Waals surface area contributed by atoms with Crippen LogP contribution in [0, 0.1) is 50.2 Å². The van der Waals surface area contributed by atoms with Gasteiger partial charge in [-0.25, -0.2) is 4.79 Å². The molecule has 6 heterocycles. The van der Waals surface area contributed by atoms with Crippen LogP contribution in [0.5, 0.6) is 0 Å². The number of hydrogen-bond acceptors (Lipinski definition) is 31. The number of carboxylic acid groups (broad SMARTS) is 1. The molecule has 35 unspecified atom stereocenters. The number of carbonyl (C=O) groups excluding carboxylic acids is 1. The molecule has 18 N–H and O–H groups in total. The fourth-order valence-electron chi connectivity index (χ4n) is 18.6. The van der Waals surface area contributed by atoms with Crippen molar-refractivity contribution >= 4 is 11.9 Å². The fraction of sp³-hybridized carbons (Fsp3) is 0.935. The lowest BCUT2D eigenvalue weighted by atomic mass is 9.33. The third kappa shape index (κ3) is 11.7. The van der Waals surface area contributed by atoms with E-state index in [0.29, 0.717) is 32.1 Å². The lowest BCUT2D eigenvalue weighted by molar-refractivity contribution is -0.382. The number of carbonyl (C=O) groups is 2. The Bertz CT molecular complexity index is 2750. The maximum Gasteiger partial charge on any atom is 0.335 e. The third-order valence-corrected chi connectivity index (χ3v) is 24.4. The number of esters is 1. The number of aliphatic carboxylic acids is 1. The second kappa shape index (κ2) is 26.2. The van der Waals surface area contributed by atoms with Crippen molar-refractivity contribution in [1.29, 1.82) is 0 Å². The first-order chi connectivity index (χ1) is 43.9. The van der Waals surface area contributed by atoms with Gasteiger partial charge in [-0.3, -0.25) is 4.79 Å². The van der Waals surface area contributed by atoms with Gasteiger partial charge in [0.25, 0.3) is 0 Å². The predicted octanol–water partition coefficient (Wildman–Crippen LogP) is -5.79. The molecule has 0 aromatic rings. The van der Waals surface area contributed by atoms with E-state index in [4.69, 9.17) is 56.8 Å². The van der Waals surface area contributed by atoms with E-state index >= 15 is 0 Å². The summed E-state index contributed by atoms with van der Waals surface area (Å²) < 4.78 is 70.3. The molecule has 538 valence electrons. The van der Waals surface area contributed by atoms with Crippen molar-refractivity contribution in [2.24, 2.45) is 50.2 Å². The summed E-state index contributed by atoms with van der Waals surface area (Å²) in [6, 6.07) is 0. The highest BCUT2D eigenvalue weighted by Crippen LogP contribution is 2.76. The zero-order valence-electron chi connectivity index (χ0n) is 53.6. The summed E-state index contributed by atoms with van der Waals surface area (Å²) >= 11 is 0. The molecule has 0 aromatic heterocycles. The molecular formula is C62H98O32. The van der Waals surface area contributed by atoms with Gasteiger partial charge in [-0.2, -0.15) is 0 Å². The quantitative estimate of drug-likeness (QED) is 0.0389. The molecule has 11 rings (SSSR count). The van der Waals surface area contributed by atoms with E-state index in [-0.39, 0.29) is 36.5 Å². The Balaban J connectivity index is 0.778. The Kier molecular flexibility index (Phi) is 20.3. The zero-order valence-corrected chi connectivity index (χ0v) is 53.6. The van der Waals surface area contributed by atoms with Crippen molar-refractivity contribution in [1.82, 2.24) is 0 Å². The molecule has 6 aliphatic heterocycles. The van der Waals surface area contributed by atoms with Gasteiger partial charge in [0.05, 0.1) is 70.7 Å². The molecule has 0 bridgehead atoms. The number of aliphatic hydroxyl groups excluding tert-OH is 15.